The van der Waals surface area contributed by atoms with Crippen molar-refractivity contribution in [1.82, 2.24) is 4.90 Å². The summed E-state index contributed by atoms with van der Waals surface area (Å²) < 4.78 is 9.96. The average Bonchev–Trinajstić information content (AvgIpc) is 3.04. The van der Waals surface area contributed by atoms with Gasteiger partial charge in [-0.3, -0.25) is 4.79 Å². The third-order valence-corrected chi connectivity index (χ3v) is 5.65. The van der Waals surface area contributed by atoms with Crippen molar-refractivity contribution < 1.29 is 23.9 Å². The number of carbonyl (C=O) groups is 3. The number of rotatable bonds is 4. The number of halogens is 1. The normalized spacial score (nSPS) is 12.9. The number of nitrogens with zero attached hydrogens (tertiary/aromatic N) is 1. The topological polar surface area (TPSA) is 84.9 Å². The third kappa shape index (κ3) is 4.13. The lowest BCUT2D eigenvalue weighted by molar-refractivity contribution is 0.0526. The molecular weight excluding hydrogens is 404 g/mol. The number of anilines is 1. The van der Waals surface area contributed by atoms with Crippen molar-refractivity contribution in [2.24, 2.45) is 0 Å². The molecule has 0 saturated heterocycles. The van der Waals surface area contributed by atoms with Crippen LogP contribution in [0, 0.1) is 0 Å². The highest BCUT2D eigenvalue weighted by molar-refractivity contribution is 7.17. The first-order valence-electron chi connectivity index (χ1n) is 8.66. The first-order valence-corrected chi connectivity index (χ1v) is 9.85. The summed E-state index contributed by atoms with van der Waals surface area (Å²) >= 11 is 7.22. The second kappa shape index (κ2) is 8.62. The number of nitrogens with one attached hydrogen (secondary N) is 1. The van der Waals surface area contributed by atoms with Gasteiger partial charge in [-0.2, -0.15) is 0 Å². The van der Waals surface area contributed by atoms with Gasteiger partial charge >= 0.3 is 12.1 Å². The Labute approximate surface area is 171 Å². The lowest BCUT2D eigenvalue weighted by Gasteiger charge is -2.25. The molecule has 0 unspecified atom stereocenters. The van der Waals surface area contributed by atoms with Crippen molar-refractivity contribution in [2.75, 3.05) is 25.6 Å². The van der Waals surface area contributed by atoms with Crippen molar-refractivity contribution in [3.05, 3.63) is 50.9 Å². The van der Waals surface area contributed by atoms with E-state index in [1.807, 2.05) is 0 Å². The van der Waals surface area contributed by atoms with Crippen LogP contribution in [0.1, 0.15) is 38.1 Å². The minimum Gasteiger partial charge on any atom is -0.462 e. The van der Waals surface area contributed by atoms with Crippen molar-refractivity contribution >= 4 is 45.9 Å². The highest BCUT2D eigenvalue weighted by Crippen LogP contribution is 2.38. The van der Waals surface area contributed by atoms with E-state index in [1.165, 1.54) is 18.4 Å². The van der Waals surface area contributed by atoms with Crippen LogP contribution in [-0.2, 0) is 22.4 Å². The number of thiophene rings is 1. The molecule has 0 spiro atoms. The second-order valence-corrected chi connectivity index (χ2v) is 7.58. The molecule has 1 aromatic carbocycles. The molecule has 2 aromatic rings. The molecule has 0 saturated carbocycles. The van der Waals surface area contributed by atoms with Crippen LogP contribution in [0.3, 0.4) is 0 Å². The van der Waals surface area contributed by atoms with Crippen molar-refractivity contribution in [2.45, 2.75) is 19.9 Å². The van der Waals surface area contributed by atoms with E-state index in [9.17, 15) is 14.4 Å². The zero-order valence-electron chi connectivity index (χ0n) is 15.4. The standard InChI is InChI=1S/C19H19ClN2O5S/c1-3-27-18(24)15-13-7-8-22(19(25)26-2)10-14(13)28-17(15)21-16(23)11-5-4-6-12(20)9-11/h4-6,9H,3,7-8,10H2,1-2H3,(H,21,23). The van der Waals surface area contributed by atoms with Gasteiger partial charge in [-0.1, -0.05) is 17.7 Å². The lowest BCUT2D eigenvalue weighted by Crippen LogP contribution is -2.35. The van der Waals surface area contributed by atoms with E-state index in [2.05, 4.69) is 5.32 Å². The fourth-order valence-corrected chi connectivity index (χ4v) is 4.44. The van der Waals surface area contributed by atoms with Crippen molar-refractivity contribution in [1.29, 1.82) is 0 Å². The van der Waals surface area contributed by atoms with E-state index in [4.69, 9.17) is 21.1 Å². The summed E-state index contributed by atoms with van der Waals surface area (Å²) in [5, 5.41) is 3.64. The van der Waals surface area contributed by atoms with Crippen LogP contribution in [0.4, 0.5) is 9.80 Å². The van der Waals surface area contributed by atoms with Crippen LogP contribution in [0.15, 0.2) is 24.3 Å². The quantitative estimate of drug-likeness (QED) is 0.754. The smallest absolute Gasteiger partial charge is 0.409 e. The molecule has 7 nitrogen and oxygen atoms in total. The fraction of sp³-hybridized carbons (Fsp3) is 0.316. The maximum absolute atomic E-state index is 12.6. The Morgan fingerprint density at radius 1 is 1.32 bits per heavy atom. The van der Waals surface area contributed by atoms with Crippen LogP contribution in [0.2, 0.25) is 5.02 Å². The number of ether oxygens (including phenoxy) is 2. The first-order chi connectivity index (χ1) is 13.4. The summed E-state index contributed by atoms with van der Waals surface area (Å²) in [6.45, 7) is 2.68. The molecular formula is C19H19ClN2O5S. The monoisotopic (exact) mass is 422 g/mol. The van der Waals surface area contributed by atoms with Crippen molar-refractivity contribution in [3.63, 3.8) is 0 Å². The minimum atomic E-state index is -0.493. The summed E-state index contributed by atoms with van der Waals surface area (Å²) in [6.07, 6.45) is 0.0449. The summed E-state index contributed by atoms with van der Waals surface area (Å²) in [7, 11) is 1.33. The maximum Gasteiger partial charge on any atom is 0.409 e. The molecule has 1 aromatic heterocycles. The zero-order chi connectivity index (χ0) is 20.3. The van der Waals surface area contributed by atoms with Gasteiger partial charge in [-0.15, -0.1) is 11.3 Å². The SMILES string of the molecule is CCOC(=O)c1c(NC(=O)c2cccc(Cl)c2)sc2c1CCN(C(=O)OC)C2. The summed E-state index contributed by atoms with van der Waals surface area (Å²) in [4.78, 5) is 39.4. The molecule has 0 fully saturated rings. The highest BCUT2D eigenvalue weighted by Gasteiger charge is 2.31. The minimum absolute atomic E-state index is 0.222. The molecule has 148 valence electrons. The number of fused-ring (bicyclic) bond motifs is 1. The number of hydrogen-bond donors (Lipinski definition) is 1. The molecule has 0 bridgehead atoms. The molecule has 1 N–H and O–H groups in total. The lowest BCUT2D eigenvalue weighted by atomic mass is 10.0. The molecule has 3 rings (SSSR count). The molecule has 2 amide bonds. The van der Waals surface area contributed by atoms with E-state index in [1.54, 1.807) is 36.1 Å². The largest absolute Gasteiger partial charge is 0.462 e. The number of esters is 1. The Kier molecular flexibility index (Phi) is 6.21. The number of methoxy groups -OCH3 is 1. The first kappa shape index (κ1) is 20.2. The van der Waals surface area contributed by atoms with Gasteiger partial charge in [-0.25, -0.2) is 9.59 Å². The average molecular weight is 423 g/mol. The number of carbonyl (C=O) groups excluding carboxylic acids is 3. The van der Waals surface area contributed by atoms with E-state index < -0.39 is 12.1 Å². The number of amides is 2. The predicted octanol–water partition coefficient (Wildman–Crippen LogP) is 3.96. The van der Waals surface area contributed by atoms with Gasteiger partial charge in [0, 0.05) is 22.0 Å². The van der Waals surface area contributed by atoms with Crippen LogP contribution in [0.25, 0.3) is 0 Å². The molecule has 1 aliphatic rings. The predicted molar refractivity (Wildman–Crippen MR) is 106 cm³/mol. The van der Waals surface area contributed by atoms with Crippen LogP contribution >= 0.6 is 22.9 Å². The van der Waals surface area contributed by atoms with Gasteiger partial charge in [-0.05, 0) is 37.1 Å². The molecule has 0 atom stereocenters. The van der Waals surface area contributed by atoms with Gasteiger partial charge < -0.3 is 19.7 Å². The summed E-state index contributed by atoms with van der Waals surface area (Å²) in [6, 6.07) is 6.54. The number of hydrogen-bond acceptors (Lipinski definition) is 6. The van der Waals surface area contributed by atoms with Gasteiger partial charge in [0.25, 0.3) is 5.91 Å². The Bertz CT molecular complexity index is 927. The zero-order valence-corrected chi connectivity index (χ0v) is 17.0. The van der Waals surface area contributed by atoms with E-state index in [0.29, 0.717) is 40.7 Å². The fourth-order valence-electron chi connectivity index (χ4n) is 3.00. The highest BCUT2D eigenvalue weighted by atomic mass is 35.5. The Hall–Kier alpha value is -2.58. The molecule has 0 aliphatic carbocycles. The van der Waals surface area contributed by atoms with Gasteiger partial charge in [0.1, 0.15) is 5.00 Å². The number of benzene rings is 1. The van der Waals surface area contributed by atoms with Crippen LogP contribution in [0.5, 0.6) is 0 Å². The van der Waals surface area contributed by atoms with Gasteiger partial charge in [0.05, 0.1) is 25.8 Å². The van der Waals surface area contributed by atoms with Crippen molar-refractivity contribution in [3.8, 4) is 0 Å². The van der Waals surface area contributed by atoms with Gasteiger partial charge in [0.15, 0.2) is 0 Å². The Morgan fingerprint density at radius 3 is 2.79 bits per heavy atom. The molecule has 2 heterocycles. The van der Waals surface area contributed by atoms with E-state index >= 15 is 0 Å². The van der Waals surface area contributed by atoms with Gasteiger partial charge in [0.2, 0.25) is 0 Å². The third-order valence-electron chi connectivity index (χ3n) is 4.28. The Balaban J connectivity index is 1.94. The summed E-state index contributed by atoms with van der Waals surface area (Å²) in [5.41, 5.74) is 1.52. The maximum atomic E-state index is 12.6. The van der Waals surface area contributed by atoms with Crippen LogP contribution < -0.4 is 5.32 Å². The second-order valence-electron chi connectivity index (χ2n) is 6.03. The van der Waals surface area contributed by atoms with E-state index in [-0.39, 0.29) is 12.5 Å². The molecule has 0 radical (unpaired) electrons. The molecule has 28 heavy (non-hydrogen) atoms. The molecule has 1 aliphatic heterocycles. The van der Waals surface area contributed by atoms with Crippen LogP contribution in [-0.4, -0.2) is 43.1 Å². The Morgan fingerprint density at radius 2 is 2.11 bits per heavy atom. The molecule has 9 heteroatoms. The van der Waals surface area contributed by atoms with E-state index in [0.717, 1.165) is 10.4 Å². The summed E-state index contributed by atoms with van der Waals surface area (Å²) in [5.74, 6) is -0.871.